The van der Waals surface area contributed by atoms with E-state index in [9.17, 15) is 9.18 Å². The van der Waals surface area contributed by atoms with Crippen molar-refractivity contribution in [3.05, 3.63) is 28.0 Å². The highest BCUT2D eigenvalue weighted by Crippen LogP contribution is 2.30. The van der Waals surface area contributed by atoms with Crippen LogP contribution in [-0.2, 0) is 0 Å². The highest BCUT2D eigenvalue weighted by atomic mass is 79.9. The Balaban J connectivity index is 2.31. The van der Waals surface area contributed by atoms with Crippen molar-refractivity contribution in [2.24, 2.45) is 0 Å². The number of ether oxygens (including phenoxy) is 1. The van der Waals surface area contributed by atoms with E-state index in [1.165, 1.54) is 13.2 Å². The Hall–Kier alpha value is -1.10. The second-order valence-electron chi connectivity index (χ2n) is 3.62. The van der Waals surface area contributed by atoms with Crippen LogP contribution < -0.4 is 4.74 Å². The van der Waals surface area contributed by atoms with Crippen LogP contribution in [0, 0.1) is 5.82 Å². The highest BCUT2D eigenvalue weighted by molar-refractivity contribution is 9.10. The molecular formula is C11H11BrFNO2. The number of halogens is 2. The predicted molar refractivity (Wildman–Crippen MR) is 61.2 cm³/mol. The molecule has 1 saturated heterocycles. The molecule has 5 heteroatoms. The lowest BCUT2D eigenvalue weighted by Gasteiger charge is -2.31. The lowest BCUT2D eigenvalue weighted by molar-refractivity contribution is 0.0651. The van der Waals surface area contributed by atoms with Gasteiger partial charge in [0.05, 0.1) is 11.6 Å². The van der Waals surface area contributed by atoms with E-state index in [4.69, 9.17) is 4.74 Å². The molecule has 1 aliphatic heterocycles. The normalized spacial score (nSPS) is 14.6. The Morgan fingerprint density at radius 3 is 2.62 bits per heavy atom. The lowest BCUT2D eigenvalue weighted by Crippen LogP contribution is -2.42. The van der Waals surface area contributed by atoms with Gasteiger partial charge in [0.25, 0.3) is 5.91 Å². The van der Waals surface area contributed by atoms with Crippen LogP contribution in [0.2, 0.25) is 0 Å². The summed E-state index contributed by atoms with van der Waals surface area (Å²) in [5.41, 5.74) is 0.352. The van der Waals surface area contributed by atoms with Crippen LogP contribution in [-0.4, -0.2) is 31.0 Å². The van der Waals surface area contributed by atoms with Crippen molar-refractivity contribution >= 4 is 21.8 Å². The molecule has 0 aliphatic carbocycles. The van der Waals surface area contributed by atoms with Crippen LogP contribution in [0.15, 0.2) is 16.6 Å². The molecule has 2 rings (SSSR count). The second-order valence-corrected chi connectivity index (χ2v) is 4.47. The van der Waals surface area contributed by atoms with E-state index in [2.05, 4.69) is 15.9 Å². The molecule has 0 unspecified atom stereocenters. The van der Waals surface area contributed by atoms with Gasteiger partial charge in [-0.1, -0.05) is 0 Å². The van der Waals surface area contributed by atoms with Crippen LogP contribution in [0.1, 0.15) is 16.8 Å². The molecular weight excluding hydrogens is 277 g/mol. The van der Waals surface area contributed by atoms with Crippen molar-refractivity contribution < 1.29 is 13.9 Å². The summed E-state index contributed by atoms with van der Waals surface area (Å²) in [7, 11) is 1.39. The molecule has 0 bridgehead atoms. The van der Waals surface area contributed by atoms with Gasteiger partial charge in [0.2, 0.25) is 0 Å². The molecule has 1 aromatic rings. The van der Waals surface area contributed by atoms with Gasteiger partial charge in [0.1, 0.15) is 0 Å². The average molecular weight is 288 g/mol. The minimum atomic E-state index is -0.527. The fourth-order valence-corrected chi connectivity index (χ4v) is 2.18. The lowest BCUT2D eigenvalue weighted by atomic mass is 10.1. The Morgan fingerprint density at radius 2 is 2.19 bits per heavy atom. The molecule has 16 heavy (non-hydrogen) atoms. The van der Waals surface area contributed by atoms with E-state index in [1.807, 2.05) is 0 Å². The van der Waals surface area contributed by atoms with Crippen LogP contribution in [0.25, 0.3) is 0 Å². The Kier molecular flexibility index (Phi) is 3.14. The van der Waals surface area contributed by atoms with Crippen molar-refractivity contribution in [1.82, 2.24) is 4.90 Å². The fraction of sp³-hybridized carbons (Fsp3) is 0.364. The second kappa shape index (κ2) is 4.41. The molecule has 0 aromatic heterocycles. The standard InChI is InChI=1S/C11H11BrFNO2/c1-16-10-8(12)5-7(6-9(10)13)11(15)14-3-2-4-14/h5-6H,2-4H2,1H3. The number of benzene rings is 1. The van der Waals surface area contributed by atoms with E-state index in [1.54, 1.807) is 11.0 Å². The maximum atomic E-state index is 13.5. The minimum Gasteiger partial charge on any atom is -0.492 e. The molecule has 1 fully saturated rings. The molecule has 1 heterocycles. The summed E-state index contributed by atoms with van der Waals surface area (Å²) in [6, 6.07) is 2.80. The molecule has 0 saturated carbocycles. The number of likely N-dealkylation sites (tertiary alicyclic amines) is 1. The summed E-state index contributed by atoms with van der Waals surface area (Å²) in [5.74, 6) is -0.533. The molecule has 1 aliphatic rings. The van der Waals surface area contributed by atoms with Crippen molar-refractivity contribution in [3.8, 4) is 5.75 Å². The zero-order valence-electron chi connectivity index (χ0n) is 8.80. The minimum absolute atomic E-state index is 0.125. The molecule has 0 spiro atoms. The number of hydrogen-bond acceptors (Lipinski definition) is 2. The third-order valence-electron chi connectivity index (χ3n) is 2.59. The molecule has 86 valence electrons. The van der Waals surface area contributed by atoms with E-state index < -0.39 is 5.82 Å². The number of methoxy groups -OCH3 is 1. The van der Waals surface area contributed by atoms with Gasteiger partial charge in [-0.2, -0.15) is 0 Å². The van der Waals surface area contributed by atoms with E-state index in [0.29, 0.717) is 10.0 Å². The van der Waals surface area contributed by atoms with Gasteiger partial charge in [0.15, 0.2) is 11.6 Å². The average Bonchev–Trinajstić information content (AvgIpc) is 2.14. The Morgan fingerprint density at radius 1 is 1.50 bits per heavy atom. The molecule has 1 amide bonds. The summed E-state index contributed by atoms with van der Waals surface area (Å²) >= 11 is 3.18. The quantitative estimate of drug-likeness (QED) is 0.836. The van der Waals surface area contributed by atoms with Gasteiger partial charge in [-0.05, 0) is 34.5 Å². The van der Waals surface area contributed by atoms with Crippen molar-refractivity contribution in [3.63, 3.8) is 0 Å². The number of hydrogen-bond donors (Lipinski definition) is 0. The Labute approximate surface area is 101 Å². The molecule has 0 radical (unpaired) electrons. The van der Waals surface area contributed by atoms with Crippen molar-refractivity contribution in [1.29, 1.82) is 0 Å². The molecule has 0 atom stereocenters. The zero-order chi connectivity index (χ0) is 11.7. The van der Waals surface area contributed by atoms with Gasteiger partial charge < -0.3 is 9.64 Å². The topological polar surface area (TPSA) is 29.5 Å². The van der Waals surface area contributed by atoms with Crippen molar-refractivity contribution in [2.75, 3.05) is 20.2 Å². The summed E-state index contributed by atoms with van der Waals surface area (Å²) < 4.78 is 18.9. The van der Waals surface area contributed by atoms with E-state index >= 15 is 0 Å². The first-order valence-corrected chi connectivity index (χ1v) is 5.75. The van der Waals surface area contributed by atoms with Gasteiger partial charge in [-0.25, -0.2) is 4.39 Å². The fourth-order valence-electron chi connectivity index (χ4n) is 1.58. The summed E-state index contributed by atoms with van der Waals surface area (Å²) in [6.07, 6.45) is 1.02. The SMILES string of the molecule is COc1c(F)cc(C(=O)N2CCC2)cc1Br. The Bertz CT molecular complexity index is 409. The van der Waals surface area contributed by atoms with Crippen LogP contribution in [0.4, 0.5) is 4.39 Å². The smallest absolute Gasteiger partial charge is 0.254 e. The molecule has 0 N–H and O–H groups in total. The highest BCUT2D eigenvalue weighted by Gasteiger charge is 2.23. The number of carbonyl (C=O) groups excluding carboxylic acids is 1. The van der Waals surface area contributed by atoms with Gasteiger partial charge in [-0.15, -0.1) is 0 Å². The maximum absolute atomic E-state index is 13.5. The first kappa shape index (κ1) is 11.4. The van der Waals surface area contributed by atoms with Gasteiger partial charge in [0, 0.05) is 18.7 Å². The van der Waals surface area contributed by atoms with E-state index in [0.717, 1.165) is 19.5 Å². The number of carbonyl (C=O) groups is 1. The summed E-state index contributed by atoms with van der Waals surface area (Å²) in [6.45, 7) is 1.51. The third kappa shape index (κ3) is 1.91. The first-order valence-electron chi connectivity index (χ1n) is 4.96. The summed E-state index contributed by atoms with van der Waals surface area (Å²) in [4.78, 5) is 13.5. The number of nitrogens with zero attached hydrogens (tertiary/aromatic N) is 1. The monoisotopic (exact) mass is 287 g/mol. The third-order valence-corrected chi connectivity index (χ3v) is 3.18. The first-order chi connectivity index (χ1) is 7.63. The van der Waals surface area contributed by atoms with Gasteiger partial charge in [-0.3, -0.25) is 4.79 Å². The molecule has 3 nitrogen and oxygen atoms in total. The maximum Gasteiger partial charge on any atom is 0.254 e. The predicted octanol–water partition coefficient (Wildman–Crippen LogP) is 2.44. The van der Waals surface area contributed by atoms with Crippen LogP contribution >= 0.6 is 15.9 Å². The molecule has 1 aromatic carbocycles. The van der Waals surface area contributed by atoms with Crippen LogP contribution in [0.3, 0.4) is 0 Å². The van der Waals surface area contributed by atoms with Gasteiger partial charge >= 0.3 is 0 Å². The van der Waals surface area contributed by atoms with Crippen LogP contribution in [0.5, 0.6) is 5.75 Å². The zero-order valence-corrected chi connectivity index (χ0v) is 10.4. The summed E-state index contributed by atoms with van der Waals surface area (Å²) in [5, 5.41) is 0. The van der Waals surface area contributed by atoms with E-state index in [-0.39, 0.29) is 11.7 Å². The number of amides is 1. The largest absolute Gasteiger partial charge is 0.492 e. The number of rotatable bonds is 2. The van der Waals surface area contributed by atoms with Crippen molar-refractivity contribution in [2.45, 2.75) is 6.42 Å².